The second-order valence-corrected chi connectivity index (χ2v) is 5.29. The first-order valence-corrected chi connectivity index (χ1v) is 6.98. The summed E-state index contributed by atoms with van der Waals surface area (Å²) in [6, 6.07) is 0.565. The Balaban J connectivity index is 2.47. The van der Waals surface area contributed by atoms with Gasteiger partial charge in [0, 0.05) is 6.04 Å². The van der Waals surface area contributed by atoms with E-state index in [0.717, 1.165) is 18.4 Å². The van der Waals surface area contributed by atoms with Crippen molar-refractivity contribution in [2.45, 2.75) is 53.0 Å². The maximum Gasteiger partial charge on any atom is 0.320 e. The fourth-order valence-electron chi connectivity index (χ4n) is 2.72. The van der Waals surface area contributed by atoms with Crippen molar-refractivity contribution in [2.24, 2.45) is 11.8 Å². The van der Waals surface area contributed by atoms with Crippen LogP contribution in [-0.4, -0.2) is 36.6 Å². The Hall–Kier alpha value is -0.570. The van der Waals surface area contributed by atoms with Gasteiger partial charge in [0.2, 0.25) is 0 Å². The highest BCUT2D eigenvalue weighted by molar-refractivity contribution is 5.71. The van der Waals surface area contributed by atoms with Gasteiger partial charge >= 0.3 is 5.97 Å². The van der Waals surface area contributed by atoms with Gasteiger partial charge in [0.15, 0.2) is 0 Å². The molecule has 0 aromatic rings. The lowest BCUT2D eigenvalue weighted by atomic mass is 9.78. The van der Waals surface area contributed by atoms with E-state index in [-0.39, 0.29) is 5.97 Å². The molecule has 0 amide bonds. The molecule has 1 saturated carbocycles. The van der Waals surface area contributed by atoms with Gasteiger partial charge in [0.05, 0.1) is 13.2 Å². The number of ether oxygens (including phenoxy) is 1. The number of nitrogens with zero attached hydrogens (tertiary/aromatic N) is 1. The lowest BCUT2D eigenvalue weighted by Crippen LogP contribution is -2.43. The van der Waals surface area contributed by atoms with Crippen LogP contribution in [0.4, 0.5) is 0 Å². The zero-order valence-corrected chi connectivity index (χ0v) is 11.7. The lowest BCUT2D eigenvalue weighted by molar-refractivity contribution is -0.145. The largest absolute Gasteiger partial charge is 0.465 e. The summed E-state index contributed by atoms with van der Waals surface area (Å²) in [5.74, 6) is 1.51. The Kier molecular flexibility index (Phi) is 5.96. The van der Waals surface area contributed by atoms with E-state index >= 15 is 0 Å². The predicted molar refractivity (Wildman–Crippen MR) is 69.8 cm³/mol. The van der Waals surface area contributed by atoms with Crippen molar-refractivity contribution in [3.63, 3.8) is 0 Å². The molecule has 3 heteroatoms. The molecule has 0 bridgehead atoms. The van der Waals surface area contributed by atoms with E-state index in [4.69, 9.17) is 4.74 Å². The highest BCUT2D eigenvalue weighted by Gasteiger charge is 2.28. The standard InChI is InChI=1S/C14H27NO2/c1-5-15(10-14(16)17-6-2)13-8-7-11(3)12(4)9-13/h11-13H,5-10H2,1-4H3. The smallest absolute Gasteiger partial charge is 0.320 e. The Morgan fingerprint density at radius 1 is 1.24 bits per heavy atom. The number of rotatable bonds is 5. The van der Waals surface area contributed by atoms with Crippen molar-refractivity contribution in [1.29, 1.82) is 0 Å². The van der Waals surface area contributed by atoms with Gasteiger partial charge < -0.3 is 4.74 Å². The van der Waals surface area contributed by atoms with Gasteiger partial charge in [0.1, 0.15) is 0 Å². The van der Waals surface area contributed by atoms with Crippen LogP contribution in [0.5, 0.6) is 0 Å². The van der Waals surface area contributed by atoms with Crippen molar-refractivity contribution in [3.05, 3.63) is 0 Å². The molecule has 0 N–H and O–H groups in total. The Morgan fingerprint density at radius 2 is 1.94 bits per heavy atom. The van der Waals surface area contributed by atoms with Gasteiger partial charge in [0.25, 0.3) is 0 Å². The summed E-state index contributed by atoms with van der Waals surface area (Å²) in [6.45, 7) is 10.5. The summed E-state index contributed by atoms with van der Waals surface area (Å²) in [4.78, 5) is 13.8. The van der Waals surface area contributed by atoms with Crippen LogP contribution in [0.3, 0.4) is 0 Å². The highest BCUT2D eigenvalue weighted by Crippen LogP contribution is 2.31. The van der Waals surface area contributed by atoms with Crippen LogP contribution in [0.15, 0.2) is 0 Å². The molecule has 0 radical (unpaired) electrons. The van der Waals surface area contributed by atoms with Crippen molar-refractivity contribution in [3.8, 4) is 0 Å². The summed E-state index contributed by atoms with van der Waals surface area (Å²) in [6.07, 6.45) is 3.72. The fourth-order valence-corrected chi connectivity index (χ4v) is 2.72. The van der Waals surface area contributed by atoms with Crippen LogP contribution in [0.1, 0.15) is 47.0 Å². The first-order valence-electron chi connectivity index (χ1n) is 6.98. The van der Waals surface area contributed by atoms with Crippen molar-refractivity contribution in [1.82, 2.24) is 4.90 Å². The number of esters is 1. The number of carbonyl (C=O) groups excluding carboxylic acids is 1. The van der Waals surface area contributed by atoms with E-state index in [0.29, 0.717) is 19.2 Å². The molecule has 0 aromatic heterocycles. The SMILES string of the molecule is CCOC(=O)CN(CC)C1CCC(C)C(C)C1. The summed E-state index contributed by atoms with van der Waals surface area (Å²) >= 11 is 0. The maximum atomic E-state index is 11.5. The molecule has 3 atom stereocenters. The summed E-state index contributed by atoms with van der Waals surface area (Å²) in [5.41, 5.74) is 0. The van der Waals surface area contributed by atoms with Crippen molar-refractivity contribution >= 4 is 5.97 Å². The van der Waals surface area contributed by atoms with Crippen molar-refractivity contribution in [2.75, 3.05) is 19.7 Å². The normalized spacial score (nSPS) is 29.4. The van der Waals surface area contributed by atoms with E-state index in [9.17, 15) is 4.79 Å². The third-order valence-corrected chi connectivity index (χ3v) is 4.13. The third-order valence-electron chi connectivity index (χ3n) is 4.13. The molecule has 0 aliphatic heterocycles. The van der Waals surface area contributed by atoms with Gasteiger partial charge in [-0.15, -0.1) is 0 Å². The first kappa shape index (κ1) is 14.5. The van der Waals surface area contributed by atoms with Gasteiger partial charge in [-0.05, 0) is 44.6 Å². The molecule has 0 spiro atoms. The van der Waals surface area contributed by atoms with Crippen LogP contribution in [0.2, 0.25) is 0 Å². The number of carbonyl (C=O) groups is 1. The van der Waals surface area contributed by atoms with E-state index in [2.05, 4.69) is 25.7 Å². The Morgan fingerprint density at radius 3 is 2.47 bits per heavy atom. The molecule has 1 rings (SSSR count). The average Bonchev–Trinajstić information content (AvgIpc) is 2.30. The van der Waals surface area contributed by atoms with Crippen LogP contribution in [0, 0.1) is 11.8 Å². The summed E-state index contributed by atoms with van der Waals surface area (Å²) in [7, 11) is 0. The topological polar surface area (TPSA) is 29.5 Å². The zero-order valence-electron chi connectivity index (χ0n) is 11.7. The van der Waals surface area contributed by atoms with Crippen LogP contribution in [-0.2, 0) is 9.53 Å². The molecular formula is C14H27NO2. The maximum absolute atomic E-state index is 11.5. The average molecular weight is 241 g/mol. The van der Waals surface area contributed by atoms with Crippen LogP contribution >= 0.6 is 0 Å². The minimum absolute atomic E-state index is 0.0828. The second kappa shape index (κ2) is 7.00. The van der Waals surface area contributed by atoms with E-state index in [1.54, 1.807) is 0 Å². The fraction of sp³-hybridized carbons (Fsp3) is 0.929. The third kappa shape index (κ3) is 4.30. The molecule has 1 aliphatic rings. The minimum Gasteiger partial charge on any atom is -0.465 e. The Bertz CT molecular complexity index is 242. The number of hydrogen-bond donors (Lipinski definition) is 0. The number of likely N-dealkylation sites (N-methyl/N-ethyl adjacent to an activating group) is 1. The van der Waals surface area contributed by atoms with Gasteiger partial charge in [-0.2, -0.15) is 0 Å². The van der Waals surface area contributed by atoms with Crippen molar-refractivity contribution < 1.29 is 9.53 Å². The highest BCUT2D eigenvalue weighted by atomic mass is 16.5. The second-order valence-electron chi connectivity index (χ2n) is 5.29. The molecule has 0 saturated heterocycles. The van der Waals surface area contributed by atoms with Crippen LogP contribution in [0.25, 0.3) is 0 Å². The molecule has 3 nitrogen and oxygen atoms in total. The van der Waals surface area contributed by atoms with E-state index in [1.165, 1.54) is 19.3 Å². The lowest BCUT2D eigenvalue weighted by Gasteiger charge is -2.38. The minimum atomic E-state index is -0.0828. The first-order chi connectivity index (χ1) is 8.08. The van der Waals surface area contributed by atoms with Gasteiger partial charge in [-0.1, -0.05) is 20.8 Å². The van der Waals surface area contributed by atoms with E-state index in [1.807, 2.05) is 6.92 Å². The molecular weight excluding hydrogens is 214 g/mol. The molecule has 100 valence electrons. The molecule has 1 aliphatic carbocycles. The molecule has 3 unspecified atom stereocenters. The Labute approximate surface area is 106 Å². The zero-order chi connectivity index (χ0) is 12.8. The molecule has 0 heterocycles. The van der Waals surface area contributed by atoms with Gasteiger partial charge in [-0.3, -0.25) is 9.69 Å². The number of hydrogen-bond acceptors (Lipinski definition) is 3. The summed E-state index contributed by atoms with van der Waals surface area (Å²) in [5, 5.41) is 0. The quantitative estimate of drug-likeness (QED) is 0.693. The molecule has 0 aromatic carbocycles. The van der Waals surface area contributed by atoms with Crippen LogP contribution < -0.4 is 0 Å². The van der Waals surface area contributed by atoms with E-state index < -0.39 is 0 Å². The molecule has 17 heavy (non-hydrogen) atoms. The van der Waals surface area contributed by atoms with Gasteiger partial charge in [-0.25, -0.2) is 0 Å². The predicted octanol–water partition coefficient (Wildman–Crippen LogP) is 2.70. The monoisotopic (exact) mass is 241 g/mol. The molecule has 1 fully saturated rings. The summed E-state index contributed by atoms with van der Waals surface area (Å²) < 4.78 is 5.03.